The van der Waals surface area contributed by atoms with E-state index in [2.05, 4.69) is 5.32 Å². The zero-order valence-corrected chi connectivity index (χ0v) is 10.6. The minimum absolute atomic E-state index is 0.0474. The average molecular weight is 260 g/mol. The Kier molecular flexibility index (Phi) is 5.36. The molecule has 7 nitrogen and oxygen atoms in total. The van der Waals surface area contributed by atoms with Crippen LogP contribution in [0.25, 0.3) is 0 Å². The molecule has 0 aliphatic carbocycles. The molecule has 1 saturated heterocycles. The van der Waals surface area contributed by atoms with E-state index >= 15 is 0 Å². The van der Waals surface area contributed by atoms with Gasteiger partial charge in [-0.25, -0.2) is 9.59 Å². The van der Waals surface area contributed by atoms with E-state index in [1.807, 2.05) is 13.8 Å². The van der Waals surface area contributed by atoms with Crippen LogP contribution >= 0.6 is 0 Å². The van der Waals surface area contributed by atoms with E-state index in [4.69, 9.17) is 9.84 Å². The van der Waals surface area contributed by atoms with Crippen LogP contribution in [-0.4, -0.2) is 65.1 Å². The molecule has 1 aliphatic heterocycles. The number of β-amino-alcohol motifs (C(OH)–C–C–N with tert-alkyl or cyclic N) is 1. The Labute approximate surface area is 106 Å². The topological polar surface area (TPSA) is 99.1 Å². The van der Waals surface area contributed by atoms with Crippen molar-refractivity contribution in [2.45, 2.75) is 38.5 Å². The summed E-state index contributed by atoms with van der Waals surface area (Å²) in [5, 5.41) is 21.0. The van der Waals surface area contributed by atoms with Gasteiger partial charge in [0.1, 0.15) is 6.04 Å². The molecular formula is C11H20N2O5. The second-order valence-corrected chi connectivity index (χ2v) is 4.35. The lowest BCUT2D eigenvalue weighted by molar-refractivity contribution is -0.141. The quantitative estimate of drug-likeness (QED) is 0.627. The summed E-state index contributed by atoms with van der Waals surface area (Å²) >= 11 is 0. The third-order valence-electron chi connectivity index (χ3n) is 2.82. The number of urea groups is 1. The van der Waals surface area contributed by atoms with Crippen molar-refractivity contribution in [3.8, 4) is 0 Å². The highest BCUT2D eigenvalue weighted by Gasteiger charge is 2.38. The van der Waals surface area contributed by atoms with Crippen LogP contribution in [0.5, 0.6) is 0 Å². The molecule has 1 fully saturated rings. The molecule has 18 heavy (non-hydrogen) atoms. The molecule has 1 unspecified atom stereocenters. The van der Waals surface area contributed by atoms with E-state index in [1.54, 1.807) is 0 Å². The molecule has 0 aromatic heterocycles. The van der Waals surface area contributed by atoms with Crippen LogP contribution in [0.15, 0.2) is 0 Å². The van der Waals surface area contributed by atoms with Crippen molar-refractivity contribution >= 4 is 12.0 Å². The molecule has 7 heteroatoms. The highest BCUT2D eigenvalue weighted by atomic mass is 16.5. The maximum absolute atomic E-state index is 11.8. The van der Waals surface area contributed by atoms with E-state index in [9.17, 15) is 14.7 Å². The predicted molar refractivity (Wildman–Crippen MR) is 63.2 cm³/mol. The molecule has 0 spiro atoms. The zero-order valence-electron chi connectivity index (χ0n) is 10.6. The maximum Gasteiger partial charge on any atom is 0.326 e. The van der Waals surface area contributed by atoms with E-state index < -0.39 is 24.1 Å². The summed E-state index contributed by atoms with van der Waals surface area (Å²) in [4.78, 5) is 23.9. The van der Waals surface area contributed by atoms with Crippen LogP contribution in [0.2, 0.25) is 0 Å². The lowest BCUT2D eigenvalue weighted by Crippen LogP contribution is -2.47. The summed E-state index contributed by atoms with van der Waals surface area (Å²) in [5.74, 6) is -1.10. The van der Waals surface area contributed by atoms with E-state index in [0.717, 1.165) is 4.90 Å². The van der Waals surface area contributed by atoms with Gasteiger partial charge >= 0.3 is 12.0 Å². The van der Waals surface area contributed by atoms with Crippen LogP contribution in [0.1, 0.15) is 20.3 Å². The van der Waals surface area contributed by atoms with Gasteiger partial charge in [0.2, 0.25) is 0 Å². The Morgan fingerprint density at radius 1 is 1.56 bits per heavy atom. The van der Waals surface area contributed by atoms with Crippen molar-refractivity contribution in [3.63, 3.8) is 0 Å². The van der Waals surface area contributed by atoms with Crippen LogP contribution < -0.4 is 5.32 Å². The standard InChI is InChI=1S/C11H20N2O5/c1-3-18-7(2)5-12-11(17)13-6-8(14)4-9(13)10(15)16/h7-9,14H,3-6H2,1-2H3,(H,12,17)(H,15,16)/t7?,8-,9-/m0/s1. The van der Waals surface area contributed by atoms with Crippen molar-refractivity contribution in [2.75, 3.05) is 19.7 Å². The monoisotopic (exact) mass is 260 g/mol. The Bertz CT molecular complexity index is 310. The van der Waals surface area contributed by atoms with Crippen LogP contribution in [-0.2, 0) is 9.53 Å². The van der Waals surface area contributed by atoms with Crippen LogP contribution in [0.4, 0.5) is 4.79 Å². The van der Waals surface area contributed by atoms with E-state index in [1.165, 1.54) is 0 Å². The molecule has 3 N–H and O–H groups in total. The number of amides is 2. The number of nitrogens with zero attached hydrogens (tertiary/aromatic N) is 1. The number of nitrogens with one attached hydrogen (secondary N) is 1. The SMILES string of the molecule is CCOC(C)CNC(=O)N1C[C@@H](O)C[C@H]1C(=O)O. The number of rotatable bonds is 5. The molecule has 2 amide bonds. The smallest absolute Gasteiger partial charge is 0.326 e. The summed E-state index contributed by atoms with van der Waals surface area (Å²) in [6.07, 6.45) is -0.833. The normalized spacial score (nSPS) is 24.9. The third-order valence-corrected chi connectivity index (χ3v) is 2.82. The first-order valence-corrected chi connectivity index (χ1v) is 6.02. The fourth-order valence-electron chi connectivity index (χ4n) is 1.95. The molecule has 0 aromatic rings. The number of aliphatic carboxylic acids is 1. The van der Waals surface area contributed by atoms with Crippen molar-refractivity contribution < 1.29 is 24.5 Å². The highest BCUT2D eigenvalue weighted by Crippen LogP contribution is 2.17. The number of carbonyl (C=O) groups is 2. The molecule has 1 heterocycles. The lowest BCUT2D eigenvalue weighted by Gasteiger charge is -2.22. The first-order chi connectivity index (χ1) is 8.45. The van der Waals surface area contributed by atoms with Gasteiger partial charge in [-0.1, -0.05) is 0 Å². The van der Waals surface area contributed by atoms with Gasteiger partial charge in [-0.2, -0.15) is 0 Å². The number of carboxylic acids is 1. The highest BCUT2D eigenvalue weighted by molar-refractivity contribution is 5.83. The van der Waals surface area contributed by atoms with Gasteiger partial charge in [0.05, 0.1) is 12.2 Å². The number of hydrogen-bond acceptors (Lipinski definition) is 4. The molecule has 3 atom stereocenters. The Morgan fingerprint density at radius 2 is 2.22 bits per heavy atom. The molecule has 1 rings (SSSR count). The molecule has 104 valence electrons. The third kappa shape index (κ3) is 3.85. The van der Waals surface area contributed by atoms with Crippen LogP contribution in [0, 0.1) is 0 Å². The summed E-state index contributed by atoms with van der Waals surface area (Å²) in [5.41, 5.74) is 0. The zero-order chi connectivity index (χ0) is 13.7. The summed E-state index contributed by atoms with van der Waals surface area (Å²) in [7, 11) is 0. The van der Waals surface area contributed by atoms with E-state index in [-0.39, 0.29) is 19.1 Å². The Hall–Kier alpha value is -1.34. The van der Waals surface area contributed by atoms with Crippen molar-refractivity contribution in [2.24, 2.45) is 0 Å². The second kappa shape index (κ2) is 6.55. The number of carbonyl (C=O) groups excluding carboxylic acids is 1. The fraction of sp³-hybridized carbons (Fsp3) is 0.818. The fourth-order valence-corrected chi connectivity index (χ4v) is 1.95. The number of likely N-dealkylation sites (tertiary alicyclic amines) is 1. The minimum atomic E-state index is -1.10. The number of aliphatic hydroxyl groups is 1. The van der Waals surface area contributed by atoms with Crippen LogP contribution in [0.3, 0.4) is 0 Å². The molecular weight excluding hydrogens is 240 g/mol. The average Bonchev–Trinajstić information content (AvgIpc) is 2.69. The second-order valence-electron chi connectivity index (χ2n) is 4.35. The first kappa shape index (κ1) is 14.7. The Morgan fingerprint density at radius 3 is 2.78 bits per heavy atom. The van der Waals surface area contributed by atoms with E-state index in [0.29, 0.717) is 13.2 Å². The largest absolute Gasteiger partial charge is 0.480 e. The van der Waals surface area contributed by atoms with Gasteiger partial charge in [0.25, 0.3) is 0 Å². The summed E-state index contributed by atoms with van der Waals surface area (Å²) in [6, 6.07) is -1.44. The minimum Gasteiger partial charge on any atom is -0.480 e. The maximum atomic E-state index is 11.8. The first-order valence-electron chi connectivity index (χ1n) is 6.02. The van der Waals surface area contributed by atoms with Gasteiger partial charge in [0, 0.05) is 26.1 Å². The summed E-state index contributed by atoms with van der Waals surface area (Å²) < 4.78 is 5.25. The number of hydrogen-bond donors (Lipinski definition) is 3. The molecule has 0 aromatic carbocycles. The molecule has 0 saturated carbocycles. The predicted octanol–water partition coefficient (Wildman–Crippen LogP) is -0.359. The van der Waals surface area contributed by atoms with Gasteiger partial charge in [-0.3, -0.25) is 0 Å². The summed E-state index contributed by atoms with van der Waals surface area (Å²) in [6.45, 7) is 4.58. The number of carboxylic acid groups (broad SMARTS) is 1. The van der Waals surface area contributed by atoms with Crippen molar-refractivity contribution in [3.05, 3.63) is 0 Å². The molecule has 1 aliphatic rings. The van der Waals surface area contributed by atoms with Gasteiger partial charge < -0.3 is 25.2 Å². The molecule has 0 radical (unpaired) electrons. The van der Waals surface area contributed by atoms with Crippen molar-refractivity contribution in [1.29, 1.82) is 0 Å². The number of ether oxygens (including phenoxy) is 1. The number of aliphatic hydroxyl groups excluding tert-OH is 1. The van der Waals surface area contributed by atoms with Crippen molar-refractivity contribution in [1.82, 2.24) is 10.2 Å². The molecule has 0 bridgehead atoms. The van der Waals surface area contributed by atoms with Gasteiger partial charge in [0.15, 0.2) is 0 Å². The lowest BCUT2D eigenvalue weighted by atomic mass is 10.2. The van der Waals surface area contributed by atoms with Gasteiger partial charge in [-0.15, -0.1) is 0 Å². The Balaban J connectivity index is 2.47. The van der Waals surface area contributed by atoms with Gasteiger partial charge in [-0.05, 0) is 13.8 Å².